The molecule has 1 unspecified atom stereocenters. The summed E-state index contributed by atoms with van der Waals surface area (Å²) in [5.41, 5.74) is 1.09. The molecule has 0 saturated carbocycles. The summed E-state index contributed by atoms with van der Waals surface area (Å²) in [7, 11) is 4.32. The summed E-state index contributed by atoms with van der Waals surface area (Å²) in [6.07, 6.45) is -0.0657. The maximum Gasteiger partial charge on any atom is 0.307 e. The van der Waals surface area contributed by atoms with Gasteiger partial charge in [0.15, 0.2) is 11.5 Å². The number of esters is 1. The van der Waals surface area contributed by atoms with Crippen LogP contribution in [0.15, 0.2) is 42.5 Å². The Labute approximate surface area is 188 Å². The van der Waals surface area contributed by atoms with Crippen molar-refractivity contribution in [1.82, 2.24) is 10.6 Å². The Hall–Kier alpha value is -3.55. The zero-order valence-corrected chi connectivity index (χ0v) is 19.3. The summed E-state index contributed by atoms with van der Waals surface area (Å²) >= 11 is 0. The lowest BCUT2D eigenvalue weighted by atomic mass is 10.0. The van der Waals surface area contributed by atoms with E-state index in [2.05, 4.69) is 10.6 Å². The minimum atomic E-state index is -0.654. The molecule has 2 N–H and O–H groups in total. The average molecular weight is 443 g/mol. The molecule has 2 aromatic carbocycles. The molecule has 0 aliphatic carbocycles. The summed E-state index contributed by atoms with van der Waals surface area (Å²) in [5.74, 6) is -0.0825. The van der Waals surface area contributed by atoms with Crippen LogP contribution < -0.4 is 20.1 Å². The highest BCUT2D eigenvalue weighted by atomic mass is 16.5. The van der Waals surface area contributed by atoms with Crippen LogP contribution in [0.3, 0.4) is 0 Å². The number of rotatable bonds is 8. The van der Waals surface area contributed by atoms with E-state index in [0.717, 1.165) is 0 Å². The fraction of sp³-hybridized carbons (Fsp3) is 0.375. The van der Waals surface area contributed by atoms with Crippen molar-refractivity contribution in [2.24, 2.45) is 0 Å². The second-order valence-electron chi connectivity index (χ2n) is 8.20. The number of ether oxygens (including phenoxy) is 3. The number of nitrogens with one attached hydrogen (secondary N) is 2. The van der Waals surface area contributed by atoms with Gasteiger partial charge in [-0.2, -0.15) is 0 Å². The van der Waals surface area contributed by atoms with E-state index in [9.17, 15) is 14.4 Å². The summed E-state index contributed by atoms with van der Waals surface area (Å²) in [6.45, 7) is 5.67. The van der Waals surface area contributed by atoms with Crippen molar-refractivity contribution >= 4 is 17.8 Å². The van der Waals surface area contributed by atoms with Gasteiger partial charge in [-0.15, -0.1) is 0 Å². The van der Waals surface area contributed by atoms with Crippen LogP contribution in [-0.4, -0.2) is 44.7 Å². The molecule has 2 rings (SSSR count). The van der Waals surface area contributed by atoms with Crippen LogP contribution >= 0.6 is 0 Å². The maximum atomic E-state index is 12.9. The van der Waals surface area contributed by atoms with Crippen LogP contribution in [0, 0.1) is 0 Å². The summed E-state index contributed by atoms with van der Waals surface area (Å²) < 4.78 is 15.4. The van der Waals surface area contributed by atoms with E-state index in [-0.39, 0.29) is 17.9 Å². The molecular weight excluding hydrogens is 412 g/mol. The van der Waals surface area contributed by atoms with Gasteiger partial charge < -0.3 is 24.8 Å². The molecule has 2 amide bonds. The number of methoxy groups -OCH3 is 3. The molecule has 0 radical (unpaired) electrons. The molecule has 1 atom stereocenters. The van der Waals surface area contributed by atoms with Crippen molar-refractivity contribution in [3.8, 4) is 11.5 Å². The minimum absolute atomic E-state index is 0.0657. The van der Waals surface area contributed by atoms with E-state index < -0.39 is 17.9 Å². The number of amides is 2. The third-order valence-corrected chi connectivity index (χ3v) is 4.61. The lowest BCUT2D eigenvalue weighted by molar-refractivity contribution is -0.141. The summed E-state index contributed by atoms with van der Waals surface area (Å²) in [4.78, 5) is 37.1. The van der Waals surface area contributed by atoms with E-state index in [1.807, 2.05) is 20.8 Å². The Morgan fingerprint density at radius 2 is 1.41 bits per heavy atom. The third kappa shape index (κ3) is 6.73. The number of carbonyl (C=O) groups is 3. The van der Waals surface area contributed by atoms with Crippen molar-refractivity contribution in [3.05, 3.63) is 59.2 Å². The molecule has 32 heavy (non-hydrogen) atoms. The van der Waals surface area contributed by atoms with Crippen LogP contribution in [-0.2, 0) is 9.53 Å². The molecule has 0 heterocycles. The van der Waals surface area contributed by atoms with Gasteiger partial charge in [0.05, 0.1) is 33.8 Å². The van der Waals surface area contributed by atoms with Gasteiger partial charge in [-0.1, -0.05) is 6.07 Å². The van der Waals surface area contributed by atoms with Gasteiger partial charge in [0.1, 0.15) is 0 Å². The number of benzene rings is 2. The van der Waals surface area contributed by atoms with E-state index in [4.69, 9.17) is 14.2 Å². The summed E-state index contributed by atoms with van der Waals surface area (Å²) in [6, 6.07) is 10.8. The molecule has 0 spiro atoms. The Balaban J connectivity index is 2.23. The van der Waals surface area contributed by atoms with Gasteiger partial charge in [-0.3, -0.25) is 14.4 Å². The van der Waals surface area contributed by atoms with Gasteiger partial charge in [0.2, 0.25) is 0 Å². The minimum Gasteiger partial charge on any atom is -0.493 e. The van der Waals surface area contributed by atoms with Crippen LogP contribution in [0.5, 0.6) is 11.5 Å². The highest BCUT2D eigenvalue weighted by Crippen LogP contribution is 2.31. The second kappa shape index (κ2) is 10.7. The van der Waals surface area contributed by atoms with Gasteiger partial charge in [0.25, 0.3) is 11.8 Å². The molecule has 0 aromatic heterocycles. The van der Waals surface area contributed by atoms with Crippen LogP contribution in [0.2, 0.25) is 0 Å². The smallest absolute Gasteiger partial charge is 0.307 e. The Kier molecular flexibility index (Phi) is 8.23. The zero-order valence-electron chi connectivity index (χ0n) is 19.3. The van der Waals surface area contributed by atoms with Gasteiger partial charge in [-0.25, -0.2) is 0 Å². The maximum absolute atomic E-state index is 12.9. The number of carbonyl (C=O) groups excluding carboxylic acids is 3. The van der Waals surface area contributed by atoms with Crippen molar-refractivity contribution in [1.29, 1.82) is 0 Å². The molecule has 8 heteroatoms. The van der Waals surface area contributed by atoms with Crippen LogP contribution in [0.1, 0.15) is 59.5 Å². The number of hydrogen-bond acceptors (Lipinski definition) is 6. The SMILES string of the molecule is COC(=O)CC(NC(=O)c1ccc(C(=O)NC(C)(C)C)cc1)c1ccc(OC)c(OC)c1. The lowest BCUT2D eigenvalue weighted by Crippen LogP contribution is -2.40. The first-order valence-corrected chi connectivity index (χ1v) is 10.1. The molecule has 0 aliphatic heterocycles. The van der Waals surface area contributed by atoms with E-state index in [0.29, 0.717) is 28.2 Å². The van der Waals surface area contributed by atoms with Gasteiger partial charge >= 0.3 is 5.97 Å². The van der Waals surface area contributed by atoms with E-state index >= 15 is 0 Å². The van der Waals surface area contributed by atoms with Gasteiger partial charge in [0, 0.05) is 16.7 Å². The monoisotopic (exact) mass is 442 g/mol. The van der Waals surface area contributed by atoms with Crippen molar-refractivity contribution < 1.29 is 28.6 Å². The molecule has 0 fully saturated rings. The quantitative estimate of drug-likeness (QED) is 0.609. The predicted octanol–water partition coefficient (Wildman–Crippen LogP) is 3.27. The Morgan fingerprint density at radius 1 is 0.844 bits per heavy atom. The fourth-order valence-corrected chi connectivity index (χ4v) is 3.00. The molecule has 172 valence electrons. The molecule has 0 saturated heterocycles. The van der Waals surface area contributed by atoms with E-state index in [1.54, 1.807) is 42.5 Å². The Morgan fingerprint density at radius 3 is 1.91 bits per heavy atom. The molecule has 8 nitrogen and oxygen atoms in total. The van der Waals surface area contributed by atoms with Crippen LogP contribution in [0.25, 0.3) is 0 Å². The number of hydrogen-bond donors (Lipinski definition) is 2. The largest absolute Gasteiger partial charge is 0.493 e. The summed E-state index contributed by atoms with van der Waals surface area (Å²) in [5, 5.41) is 5.73. The molecular formula is C24H30N2O6. The molecule has 0 bridgehead atoms. The first-order chi connectivity index (χ1) is 15.1. The lowest BCUT2D eigenvalue weighted by Gasteiger charge is -2.21. The first kappa shape index (κ1) is 24.7. The van der Waals surface area contributed by atoms with Crippen molar-refractivity contribution in [3.63, 3.8) is 0 Å². The van der Waals surface area contributed by atoms with E-state index in [1.165, 1.54) is 21.3 Å². The Bertz CT molecular complexity index is 963. The van der Waals surface area contributed by atoms with Crippen molar-refractivity contribution in [2.75, 3.05) is 21.3 Å². The first-order valence-electron chi connectivity index (χ1n) is 10.1. The third-order valence-electron chi connectivity index (χ3n) is 4.61. The standard InChI is InChI=1S/C24H30N2O6/c1-24(2,3)26-23(29)16-9-7-15(8-10-16)22(28)25-18(14-21(27)32-6)17-11-12-19(30-4)20(13-17)31-5/h7-13,18H,14H2,1-6H3,(H,25,28)(H,26,29). The predicted molar refractivity (Wildman–Crippen MR) is 120 cm³/mol. The molecule has 0 aliphatic rings. The molecule has 2 aromatic rings. The fourth-order valence-electron chi connectivity index (χ4n) is 3.00. The topological polar surface area (TPSA) is 103 Å². The highest BCUT2D eigenvalue weighted by molar-refractivity contribution is 5.98. The van der Waals surface area contributed by atoms with Crippen LogP contribution in [0.4, 0.5) is 0 Å². The zero-order chi connectivity index (χ0) is 23.9. The van der Waals surface area contributed by atoms with Gasteiger partial charge in [-0.05, 0) is 62.7 Å². The normalized spacial score (nSPS) is 11.8. The average Bonchev–Trinajstić information content (AvgIpc) is 2.76. The highest BCUT2D eigenvalue weighted by Gasteiger charge is 2.22. The van der Waals surface area contributed by atoms with Crippen molar-refractivity contribution in [2.45, 2.75) is 38.8 Å². The second-order valence-corrected chi connectivity index (χ2v) is 8.20.